The number of alkyl halides is 3. The first-order valence-corrected chi connectivity index (χ1v) is 13.6. The molecule has 0 bridgehead atoms. The molecule has 3 aromatic rings. The highest BCUT2D eigenvalue weighted by Crippen LogP contribution is 2.31. The van der Waals surface area contributed by atoms with E-state index in [2.05, 4.69) is 38.3 Å². The molecule has 1 fully saturated rings. The molecule has 1 N–H and O–H groups in total. The molecule has 1 aliphatic carbocycles. The predicted octanol–water partition coefficient (Wildman–Crippen LogP) is 4.46. The summed E-state index contributed by atoms with van der Waals surface area (Å²) in [4.78, 5) is 42.2. The zero-order valence-corrected chi connectivity index (χ0v) is 22.6. The first-order valence-electron chi connectivity index (χ1n) is 13.6. The number of allylic oxidation sites excluding steroid dienone is 1. The number of nitrogens with one attached hydrogen (secondary N) is 1. The number of amides is 2. The molecule has 1 unspecified atom stereocenters. The van der Waals surface area contributed by atoms with E-state index in [1.807, 2.05) is 18.3 Å². The molecule has 2 aromatic heterocycles. The molecule has 5 rings (SSSR count). The number of nitrogens with zero attached hydrogens (tertiary/aromatic N) is 5. The van der Waals surface area contributed by atoms with Crippen molar-refractivity contribution in [3.05, 3.63) is 84.1 Å². The lowest BCUT2D eigenvalue weighted by molar-refractivity contribution is -0.137. The number of halogens is 3. The average molecular weight is 565 g/mol. The molecular weight excluding hydrogens is 533 g/mol. The quantitative estimate of drug-likeness (QED) is 0.456. The normalized spacial score (nSPS) is 19.2. The van der Waals surface area contributed by atoms with E-state index < -0.39 is 17.6 Å². The molecule has 1 saturated heterocycles. The topological polar surface area (TPSA) is 91.3 Å². The minimum atomic E-state index is -4.54. The van der Waals surface area contributed by atoms with Crippen molar-refractivity contribution in [2.45, 2.75) is 43.9 Å². The molecule has 3 heterocycles. The van der Waals surface area contributed by atoms with Crippen LogP contribution in [0.5, 0.6) is 0 Å². The summed E-state index contributed by atoms with van der Waals surface area (Å²) in [6.45, 7) is 0.861. The van der Waals surface area contributed by atoms with Gasteiger partial charge < -0.3 is 10.2 Å². The summed E-state index contributed by atoms with van der Waals surface area (Å²) in [5, 5.41) is 2.46. The number of rotatable bonds is 7. The second-order valence-corrected chi connectivity index (χ2v) is 10.4. The fourth-order valence-corrected chi connectivity index (χ4v) is 5.41. The van der Waals surface area contributed by atoms with Crippen molar-refractivity contribution in [3.63, 3.8) is 0 Å². The van der Waals surface area contributed by atoms with Gasteiger partial charge in [-0.3, -0.25) is 29.4 Å². The van der Waals surface area contributed by atoms with E-state index >= 15 is 0 Å². The van der Waals surface area contributed by atoms with Gasteiger partial charge in [0, 0.05) is 54.9 Å². The van der Waals surface area contributed by atoms with Gasteiger partial charge in [-0.2, -0.15) is 13.2 Å². The summed E-state index contributed by atoms with van der Waals surface area (Å²) < 4.78 is 38.8. The first kappa shape index (κ1) is 28.4. The third-order valence-electron chi connectivity index (χ3n) is 7.85. The molecule has 214 valence electrons. The second kappa shape index (κ2) is 12.2. The van der Waals surface area contributed by atoms with Crippen molar-refractivity contribution in [2.24, 2.45) is 0 Å². The molecule has 0 spiro atoms. The lowest BCUT2D eigenvalue weighted by Crippen LogP contribution is -2.44. The van der Waals surface area contributed by atoms with Crippen LogP contribution in [0.2, 0.25) is 0 Å². The Morgan fingerprint density at radius 3 is 2.59 bits per heavy atom. The Morgan fingerprint density at radius 2 is 1.90 bits per heavy atom. The highest BCUT2D eigenvalue weighted by atomic mass is 19.4. The van der Waals surface area contributed by atoms with Gasteiger partial charge in [-0.15, -0.1) is 0 Å². The number of aromatic nitrogens is 3. The van der Waals surface area contributed by atoms with Crippen LogP contribution in [-0.4, -0.2) is 75.3 Å². The molecular formula is C30H31F3N6O2. The number of hydrogen-bond acceptors (Lipinski definition) is 6. The van der Waals surface area contributed by atoms with Crippen LogP contribution in [0.4, 0.5) is 13.2 Å². The smallest absolute Gasteiger partial charge is 0.343 e. The Labute approximate surface area is 236 Å². The van der Waals surface area contributed by atoms with Crippen molar-refractivity contribution < 1.29 is 22.8 Å². The van der Waals surface area contributed by atoms with E-state index in [-0.39, 0.29) is 24.1 Å². The minimum absolute atomic E-state index is 0.131. The highest BCUT2D eigenvalue weighted by Gasteiger charge is 2.33. The van der Waals surface area contributed by atoms with Crippen LogP contribution < -0.4 is 5.32 Å². The summed E-state index contributed by atoms with van der Waals surface area (Å²) in [5.74, 6) is -0.956. The SMILES string of the molecule is CN(C1CC=C(c2ccc(-c3cnccn3)cn2)CC1)[C@H]1CCN(C(=O)CNC(=O)c2cccc(C(F)(F)F)c2)C1. The number of likely N-dealkylation sites (tertiary alicyclic amines) is 1. The number of benzene rings is 1. The number of carbonyl (C=O) groups is 2. The molecule has 2 atom stereocenters. The molecule has 0 saturated carbocycles. The Bertz CT molecular complexity index is 1410. The van der Waals surface area contributed by atoms with Gasteiger partial charge in [-0.1, -0.05) is 12.1 Å². The van der Waals surface area contributed by atoms with Gasteiger partial charge in [0.1, 0.15) is 0 Å². The van der Waals surface area contributed by atoms with Gasteiger partial charge in [-0.05, 0) is 68.6 Å². The van der Waals surface area contributed by atoms with Crippen LogP contribution in [0.3, 0.4) is 0 Å². The van der Waals surface area contributed by atoms with Crippen molar-refractivity contribution >= 4 is 17.4 Å². The number of carbonyl (C=O) groups excluding carboxylic acids is 2. The van der Waals surface area contributed by atoms with Gasteiger partial charge in [0.25, 0.3) is 5.91 Å². The van der Waals surface area contributed by atoms with Crippen LogP contribution in [0.1, 0.15) is 47.3 Å². The van der Waals surface area contributed by atoms with Crippen molar-refractivity contribution in [2.75, 3.05) is 26.7 Å². The molecule has 0 radical (unpaired) electrons. The van der Waals surface area contributed by atoms with E-state index in [1.165, 1.54) is 17.7 Å². The Kier molecular flexibility index (Phi) is 8.44. The zero-order chi connectivity index (χ0) is 29.0. The largest absolute Gasteiger partial charge is 0.416 e. The lowest BCUT2D eigenvalue weighted by atomic mass is 9.91. The van der Waals surface area contributed by atoms with Gasteiger partial charge in [-0.25, -0.2) is 0 Å². The highest BCUT2D eigenvalue weighted by molar-refractivity contribution is 5.96. The Morgan fingerprint density at radius 1 is 1.05 bits per heavy atom. The standard InChI is InChI=1S/C30H31F3N6O2/c1-38(24-8-5-20(6-9-24)26-10-7-22(16-36-26)27-17-34-12-13-35-27)25-11-14-39(19-25)28(40)18-37-29(41)21-3-2-4-23(15-21)30(31,32)33/h2-5,7,10,12-13,15-17,24-25H,6,8-9,11,14,18-19H2,1H3,(H,37,41)/t24?,25-/m0/s1. The molecule has 11 heteroatoms. The van der Waals surface area contributed by atoms with Gasteiger partial charge in [0.05, 0.1) is 29.7 Å². The maximum atomic E-state index is 12.9. The van der Waals surface area contributed by atoms with Gasteiger partial charge >= 0.3 is 6.18 Å². The molecule has 1 aliphatic heterocycles. The van der Waals surface area contributed by atoms with Crippen LogP contribution in [0, 0.1) is 0 Å². The molecule has 2 amide bonds. The van der Waals surface area contributed by atoms with Gasteiger partial charge in [0.2, 0.25) is 5.91 Å². The fraction of sp³-hybridized carbons (Fsp3) is 0.367. The third-order valence-corrected chi connectivity index (χ3v) is 7.85. The molecule has 1 aromatic carbocycles. The van der Waals surface area contributed by atoms with Crippen molar-refractivity contribution in [1.82, 2.24) is 30.1 Å². The number of likely N-dealkylation sites (N-methyl/N-ethyl adjacent to an activating group) is 1. The minimum Gasteiger partial charge on any atom is -0.343 e. The molecule has 2 aliphatic rings. The van der Waals surface area contributed by atoms with E-state index in [0.717, 1.165) is 54.8 Å². The predicted molar refractivity (Wildman–Crippen MR) is 147 cm³/mol. The summed E-state index contributed by atoms with van der Waals surface area (Å²) in [5.41, 5.74) is 2.86. The van der Waals surface area contributed by atoms with Crippen LogP contribution in [-0.2, 0) is 11.0 Å². The maximum absolute atomic E-state index is 12.9. The Balaban J connectivity index is 1.10. The van der Waals surface area contributed by atoms with Crippen molar-refractivity contribution in [1.29, 1.82) is 0 Å². The van der Waals surface area contributed by atoms with Crippen LogP contribution in [0.25, 0.3) is 16.8 Å². The fourth-order valence-electron chi connectivity index (χ4n) is 5.41. The van der Waals surface area contributed by atoms with E-state index in [0.29, 0.717) is 19.1 Å². The molecule has 8 nitrogen and oxygen atoms in total. The third kappa shape index (κ3) is 6.79. The van der Waals surface area contributed by atoms with Crippen molar-refractivity contribution in [3.8, 4) is 11.3 Å². The number of pyridine rings is 1. The van der Waals surface area contributed by atoms with E-state index in [1.54, 1.807) is 23.5 Å². The average Bonchev–Trinajstić information content (AvgIpc) is 3.50. The Hall–Kier alpha value is -4.12. The lowest BCUT2D eigenvalue weighted by Gasteiger charge is -2.35. The number of hydrogen-bond donors (Lipinski definition) is 1. The first-order chi connectivity index (χ1) is 19.7. The summed E-state index contributed by atoms with van der Waals surface area (Å²) in [6.07, 6.45) is 8.13. The summed E-state index contributed by atoms with van der Waals surface area (Å²) in [7, 11) is 2.09. The van der Waals surface area contributed by atoms with Crippen LogP contribution >= 0.6 is 0 Å². The summed E-state index contributed by atoms with van der Waals surface area (Å²) >= 11 is 0. The maximum Gasteiger partial charge on any atom is 0.416 e. The summed E-state index contributed by atoms with van der Waals surface area (Å²) in [6, 6.07) is 8.74. The van der Waals surface area contributed by atoms with Crippen LogP contribution in [0.15, 0.2) is 67.3 Å². The van der Waals surface area contributed by atoms with Gasteiger partial charge in [0.15, 0.2) is 0 Å². The van der Waals surface area contributed by atoms with E-state index in [9.17, 15) is 22.8 Å². The monoisotopic (exact) mass is 564 g/mol. The molecule has 41 heavy (non-hydrogen) atoms. The zero-order valence-electron chi connectivity index (χ0n) is 22.6. The second-order valence-electron chi connectivity index (χ2n) is 10.4. The van der Waals surface area contributed by atoms with E-state index in [4.69, 9.17) is 0 Å².